The first-order valence-corrected chi connectivity index (χ1v) is 13.3. The second kappa shape index (κ2) is 24.4. The fourth-order valence-electron chi connectivity index (χ4n) is 3.13. The van der Waals surface area contributed by atoms with Gasteiger partial charge in [0, 0.05) is 59.3 Å². The van der Waals surface area contributed by atoms with Gasteiger partial charge in [-0.3, -0.25) is 19.6 Å². The summed E-state index contributed by atoms with van der Waals surface area (Å²) in [5, 5.41) is 13.8. The summed E-state index contributed by atoms with van der Waals surface area (Å²) >= 11 is 0. The summed E-state index contributed by atoms with van der Waals surface area (Å²) in [6.07, 6.45) is 7.67. The predicted octanol–water partition coefficient (Wildman–Crippen LogP) is 3.39. The van der Waals surface area contributed by atoms with Gasteiger partial charge in [-0.25, -0.2) is 0 Å². The van der Waals surface area contributed by atoms with Gasteiger partial charge in [-0.1, -0.05) is 59.7 Å². The largest absolute Gasteiger partial charge is 0.445 e. The number of hydrogen-bond acceptors (Lipinski definition) is 2. The third-order valence-electron chi connectivity index (χ3n) is 5.04. The van der Waals surface area contributed by atoms with Crippen LogP contribution in [0.25, 0.3) is 0 Å². The summed E-state index contributed by atoms with van der Waals surface area (Å²) in [4.78, 5) is 44.6. The van der Waals surface area contributed by atoms with Gasteiger partial charge in [0.1, 0.15) is 13.2 Å². The van der Waals surface area contributed by atoms with Crippen molar-refractivity contribution in [2.24, 2.45) is 0 Å². The van der Waals surface area contributed by atoms with Crippen LogP contribution in [0.1, 0.15) is 36.4 Å². The second-order valence-electron chi connectivity index (χ2n) is 8.72. The van der Waals surface area contributed by atoms with Crippen LogP contribution in [0.5, 0.6) is 0 Å². The number of aromatic nitrogens is 2. The summed E-state index contributed by atoms with van der Waals surface area (Å²) in [6.45, 7) is 3.88. The molecular formula is C34H42N2O6Ti+4. The van der Waals surface area contributed by atoms with Gasteiger partial charge >= 0.3 is 0 Å². The van der Waals surface area contributed by atoms with Crippen LogP contribution < -0.4 is 0 Å². The summed E-state index contributed by atoms with van der Waals surface area (Å²) in [5.74, 6) is 0.346. The van der Waals surface area contributed by atoms with Crippen molar-refractivity contribution in [2.75, 3.05) is 13.2 Å². The van der Waals surface area contributed by atoms with Crippen LogP contribution in [0.2, 0.25) is 0 Å². The molecule has 0 radical (unpaired) electrons. The van der Waals surface area contributed by atoms with Crippen molar-refractivity contribution in [2.45, 2.75) is 26.7 Å². The Bertz CT molecular complexity index is 1220. The Morgan fingerprint density at radius 3 is 1.14 bits per heavy atom. The van der Waals surface area contributed by atoms with Crippen molar-refractivity contribution in [1.29, 1.82) is 0 Å². The van der Waals surface area contributed by atoms with E-state index in [1.54, 1.807) is 36.7 Å². The number of benzene rings is 2. The van der Waals surface area contributed by atoms with Crippen LogP contribution in [-0.4, -0.2) is 75.7 Å². The van der Waals surface area contributed by atoms with Crippen molar-refractivity contribution in [3.05, 3.63) is 145 Å². The van der Waals surface area contributed by atoms with E-state index < -0.39 is 0 Å². The topological polar surface area (TPSA) is 157 Å². The van der Waals surface area contributed by atoms with Crippen LogP contribution >= 0.6 is 0 Å². The molecule has 0 fully saturated rings. The van der Waals surface area contributed by atoms with Crippen molar-refractivity contribution in [1.82, 2.24) is 9.97 Å². The Labute approximate surface area is 268 Å². The van der Waals surface area contributed by atoms with Crippen LogP contribution in [0.3, 0.4) is 0 Å². The van der Waals surface area contributed by atoms with Crippen LogP contribution in [0, 0.1) is 12.8 Å². The smallest absolute Gasteiger partial charge is 0.247 e. The van der Waals surface area contributed by atoms with Gasteiger partial charge in [0.2, 0.25) is 23.1 Å². The summed E-state index contributed by atoms with van der Waals surface area (Å²) in [6, 6.07) is 29.7. The van der Waals surface area contributed by atoms with E-state index in [2.05, 4.69) is 9.97 Å². The van der Waals surface area contributed by atoms with E-state index in [-0.39, 0.29) is 44.9 Å². The third-order valence-corrected chi connectivity index (χ3v) is 5.04. The molecule has 2 aromatic heterocycles. The van der Waals surface area contributed by atoms with Crippen molar-refractivity contribution < 1.29 is 51.1 Å². The zero-order valence-electron chi connectivity index (χ0n) is 24.6. The minimum Gasteiger partial charge on any atom is -0.445 e. The van der Waals surface area contributed by atoms with E-state index in [0.29, 0.717) is 24.3 Å². The minimum absolute atomic E-state index is 0. The molecule has 43 heavy (non-hydrogen) atoms. The molecule has 0 aliphatic rings. The molecule has 0 bridgehead atoms. The van der Waals surface area contributed by atoms with E-state index in [4.69, 9.17) is 19.8 Å². The molecule has 2 heterocycles. The van der Waals surface area contributed by atoms with Gasteiger partial charge in [-0.2, -0.15) is 0 Å². The molecule has 9 heteroatoms. The molecule has 0 aliphatic carbocycles. The van der Waals surface area contributed by atoms with E-state index in [1.165, 1.54) is 26.7 Å². The number of pyridine rings is 2. The number of nitrogens with zero attached hydrogens (tertiary/aromatic N) is 2. The van der Waals surface area contributed by atoms with Gasteiger partial charge in [-0.05, 0) is 37.1 Å². The molecule has 4 rings (SSSR count). The summed E-state index contributed by atoms with van der Waals surface area (Å²) in [7, 11) is 0. The predicted molar refractivity (Wildman–Crippen MR) is 172 cm³/mol. The maximum absolute atomic E-state index is 9.37. The molecule has 8 N–H and O–H groups in total. The van der Waals surface area contributed by atoms with E-state index in [0.717, 1.165) is 24.2 Å². The average Bonchev–Trinajstić information content (AvgIpc) is 3.00. The number of carbonyl (C=O) groups excluding carboxylic acids is 4. The maximum atomic E-state index is 9.37. The zero-order chi connectivity index (χ0) is 31.0. The van der Waals surface area contributed by atoms with Gasteiger partial charge in [0.05, 0.1) is 12.8 Å². The molecule has 8 nitrogen and oxygen atoms in total. The Kier molecular flexibility index (Phi) is 22.0. The molecule has 0 atom stereocenters. The van der Waals surface area contributed by atoms with Crippen LogP contribution in [-0.2, 0) is 34.6 Å². The fraction of sp³-hybridized carbons (Fsp3) is 0.176. The number of ketones is 4. The Hall–Kier alpha value is -4.21. The summed E-state index contributed by atoms with van der Waals surface area (Å²) in [5.41, 5.74) is 3.41. The van der Waals surface area contributed by atoms with Gasteiger partial charge in [0.15, 0.2) is 0 Å². The average molecular weight is 623 g/mol. The molecular weight excluding hydrogens is 580 g/mol. The maximum Gasteiger partial charge on any atom is 0.247 e. The SMILES string of the molecule is CC(=[OH+])[CH-]C(=[OH+])c1ccccc1.CC(=[OH+])[CH-]C(=[OH+])c1ccccc1.[OH2+]CCc1ccccn1.[OH2+]CCc1ccccn1.[Ti]. The minimum atomic E-state index is 0. The molecule has 224 valence electrons. The summed E-state index contributed by atoms with van der Waals surface area (Å²) < 4.78 is 0. The second-order valence-corrected chi connectivity index (χ2v) is 8.72. The fourth-order valence-corrected chi connectivity index (χ4v) is 3.13. The first-order chi connectivity index (χ1) is 20.3. The first-order valence-electron chi connectivity index (χ1n) is 13.3. The molecule has 0 saturated carbocycles. The molecule has 0 spiro atoms. The third kappa shape index (κ3) is 19.5. The van der Waals surface area contributed by atoms with E-state index in [1.807, 2.05) is 72.8 Å². The molecule has 0 aliphatic heterocycles. The van der Waals surface area contributed by atoms with E-state index in [9.17, 15) is 9.59 Å². The standard InChI is InChI=1S/2C10H9O2.2C7H9NO.Ti/c2*1-8(11)7-10(12)9-5-3-2-4-6-9;2*9-6-4-7-3-1-2-5-8-7;/h2*2-7H,1H3;2*1-3,5,9H,4,6H2;/q2*-1;;;/p+6. The molecule has 2 aromatic carbocycles. The molecule has 4 aromatic rings. The van der Waals surface area contributed by atoms with Crippen molar-refractivity contribution in [3.8, 4) is 0 Å². The van der Waals surface area contributed by atoms with E-state index >= 15 is 0 Å². The van der Waals surface area contributed by atoms with Gasteiger partial charge in [0.25, 0.3) is 0 Å². The van der Waals surface area contributed by atoms with Gasteiger partial charge < -0.3 is 19.8 Å². The van der Waals surface area contributed by atoms with Crippen LogP contribution in [0.4, 0.5) is 0 Å². The monoisotopic (exact) mass is 622 g/mol. The van der Waals surface area contributed by atoms with Crippen LogP contribution in [0.15, 0.2) is 109 Å². The number of hydrogen-bond donors (Lipinski definition) is 0. The molecule has 0 saturated heterocycles. The van der Waals surface area contributed by atoms with Gasteiger partial charge in [-0.15, -0.1) is 24.3 Å². The zero-order valence-corrected chi connectivity index (χ0v) is 26.1. The quantitative estimate of drug-likeness (QED) is 0.0874. The Morgan fingerprint density at radius 1 is 0.558 bits per heavy atom. The van der Waals surface area contributed by atoms with Crippen molar-refractivity contribution in [3.63, 3.8) is 0 Å². The normalized spacial score (nSPS) is 9.02. The number of rotatable bonds is 10. The Balaban J connectivity index is 0.000000548. The molecule has 0 unspecified atom stereocenters. The Morgan fingerprint density at radius 2 is 0.884 bits per heavy atom. The first kappa shape index (κ1) is 38.8. The molecule has 0 amide bonds. The van der Waals surface area contributed by atoms with Crippen molar-refractivity contribution >= 4 is 23.1 Å².